The van der Waals surface area contributed by atoms with Gasteiger partial charge in [-0.2, -0.15) is 0 Å². The molecule has 0 aliphatic carbocycles. The quantitative estimate of drug-likeness (QED) is 0.451. The number of benzene rings is 2. The summed E-state index contributed by atoms with van der Waals surface area (Å²) >= 11 is 7.41. The Morgan fingerprint density at radius 3 is 2.56 bits per heavy atom. The third kappa shape index (κ3) is 3.74. The summed E-state index contributed by atoms with van der Waals surface area (Å²) in [5, 5.41) is 18.3. The fraction of sp³-hybridized carbons (Fsp3) is 0.158. The summed E-state index contributed by atoms with van der Waals surface area (Å²) in [7, 11) is 1.96. The molecule has 2 heterocycles. The van der Waals surface area contributed by atoms with Gasteiger partial charge in [-0.15, -0.1) is 20.4 Å². The van der Waals surface area contributed by atoms with E-state index in [0.29, 0.717) is 22.6 Å². The standard InChI is InChI=1S/C19H16ClN5OS/c1-12-5-3-4-6-15(12)17-22-24-19(25(17)2)27-11-16-21-23-18(26-16)13-7-9-14(20)10-8-13/h3-10H,11H2,1-2H3. The van der Waals surface area contributed by atoms with E-state index in [2.05, 4.69) is 33.4 Å². The first kappa shape index (κ1) is 17.8. The van der Waals surface area contributed by atoms with E-state index in [1.807, 2.05) is 41.9 Å². The zero-order valence-corrected chi connectivity index (χ0v) is 16.3. The van der Waals surface area contributed by atoms with Crippen molar-refractivity contribution < 1.29 is 4.42 Å². The largest absolute Gasteiger partial charge is 0.420 e. The number of nitrogens with zero attached hydrogens (tertiary/aromatic N) is 5. The smallest absolute Gasteiger partial charge is 0.247 e. The molecule has 2 aromatic carbocycles. The van der Waals surface area contributed by atoms with Gasteiger partial charge in [-0.05, 0) is 36.8 Å². The Balaban J connectivity index is 1.49. The van der Waals surface area contributed by atoms with Crippen LogP contribution < -0.4 is 0 Å². The third-order valence-electron chi connectivity index (χ3n) is 4.10. The van der Waals surface area contributed by atoms with Crippen LogP contribution in [0.5, 0.6) is 0 Å². The van der Waals surface area contributed by atoms with E-state index in [1.165, 1.54) is 11.8 Å². The van der Waals surface area contributed by atoms with Crippen LogP contribution in [0.2, 0.25) is 5.02 Å². The zero-order valence-electron chi connectivity index (χ0n) is 14.8. The first-order chi connectivity index (χ1) is 13.1. The summed E-state index contributed by atoms with van der Waals surface area (Å²) in [4.78, 5) is 0. The molecule has 136 valence electrons. The Bertz CT molecular complexity index is 1070. The van der Waals surface area contributed by atoms with Gasteiger partial charge in [0, 0.05) is 23.2 Å². The van der Waals surface area contributed by atoms with Crippen molar-refractivity contribution in [1.29, 1.82) is 0 Å². The van der Waals surface area contributed by atoms with Crippen molar-refractivity contribution in [2.75, 3.05) is 0 Å². The van der Waals surface area contributed by atoms with Crippen LogP contribution in [0.15, 0.2) is 58.1 Å². The molecule has 4 rings (SSSR count). The molecule has 0 aliphatic rings. The van der Waals surface area contributed by atoms with Gasteiger partial charge in [0.15, 0.2) is 11.0 Å². The van der Waals surface area contributed by atoms with Gasteiger partial charge in [0.2, 0.25) is 11.8 Å². The summed E-state index contributed by atoms with van der Waals surface area (Å²) in [5.41, 5.74) is 3.07. The SMILES string of the molecule is Cc1ccccc1-c1nnc(SCc2nnc(-c3ccc(Cl)cc3)o2)n1C. The molecule has 27 heavy (non-hydrogen) atoms. The predicted molar refractivity (Wildman–Crippen MR) is 105 cm³/mol. The highest BCUT2D eigenvalue weighted by molar-refractivity contribution is 7.98. The minimum absolute atomic E-state index is 0.473. The lowest BCUT2D eigenvalue weighted by atomic mass is 10.1. The molecule has 0 atom stereocenters. The monoisotopic (exact) mass is 397 g/mol. The molecule has 2 aromatic heterocycles. The van der Waals surface area contributed by atoms with Crippen LogP contribution in [-0.4, -0.2) is 25.0 Å². The van der Waals surface area contributed by atoms with Crippen LogP contribution in [-0.2, 0) is 12.8 Å². The summed E-state index contributed by atoms with van der Waals surface area (Å²) in [6.07, 6.45) is 0. The Kier molecular flexibility index (Phi) is 4.96. The van der Waals surface area contributed by atoms with Crippen LogP contribution in [0.1, 0.15) is 11.5 Å². The fourth-order valence-electron chi connectivity index (χ4n) is 2.65. The lowest BCUT2D eigenvalue weighted by Crippen LogP contribution is -1.96. The van der Waals surface area contributed by atoms with E-state index in [1.54, 1.807) is 12.1 Å². The first-order valence-corrected chi connectivity index (χ1v) is 9.64. The second-order valence-electron chi connectivity index (χ2n) is 5.98. The maximum absolute atomic E-state index is 5.91. The highest BCUT2D eigenvalue weighted by Crippen LogP contribution is 2.27. The lowest BCUT2D eigenvalue weighted by Gasteiger charge is -2.05. The van der Waals surface area contributed by atoms with Crippen LogP contribution in [0, 0.1) is 6.92 Å². The molecule has 0 spiro atoms. The van der Waals surface area contributed by atoms with Crippen LogP contribution in [0.25, 0.3) is 22.8 Å². The van der Waals surface area contributed by atoms with Crippen LogP contribution >= 0.6 is 23.4 Å². The van der Waals surface area contributed by atoms with Gasteiger partial charge in [-0.25, -0.2) is 0 Å². The highest BCUT2D eigenvalue weighted by Gasteiger charge is 2.15. The van der Waals surface area contributed by atoms with Crippen molar-refractivity contribution in [2.45, 2.75) is 17.8 Å². The fourth-order valence-corrected chi connectivity index (χ4v) is 3.52. The van der Waals surface area contributed by atoms with Crippen molar-refractivity contribution in [3.63, 3.8) is 0 Å². The number of hydrogen-bond acceptors (Lipinski definition) is 6. The van der Waals surface area contributed by atoms with Crippen molar-refractivity contribution in [3.8, 4) is 22.8 Å². The number of aromatic nitrogens is 5. The summed E-state index contributed by atoms with van der Waals surface area (Å²) in [5.74, 6) is 2.36. The van der Waals surface area contributed by atoms with E-state index < -0.39 is 0 Å². The average Bonchev–Trinajstić information content (AvgIpc) is 3.28. The molecule has 0 saturated heterocycles. The number of halogens is 1. The molecule has 0 saturated carbocycles. The highest BCUT2D eigenvalue weighted by atomic mass is 35.5. The van der Waals surface area contributed by atoms with E-state index in [-0.39, 0.29) is 0 Å². The maximum Gasteiger partial charge on any atom is 0.247 e. The molecule has 0 N–H and O–H groups in total. The van der Waals surface area contributed by atoms with Gasteiger partial charge in [0.05, 0.1) is 5.75 Å². The third-order valence-corrected chi connectivity index (χ3v) is 5.36. The number of rotatable bonds is 5. The van der Waals surface area contributed by atoms with Gasteiger partial charge in [-0.3, -0.25) is 0 Å². The number of hydrogen-bond donors (Lipinski definition) is 0. The normalized spacial score (nSPS) is 11.1. The molecule has 6 nitrogen and oxygen atoms in total. The Labute approximate surface area is 165 Å². The van der Waals surface area contributed by atoms with Gasteiger partial charge < -0.3 is 8.98 Å². The molecule has 0 amide bonds. The average molecular weight is 398 g/mol. The van der Waals surface area contributed by atoms with Crippen molar-refractivity contribution in [3.05, 3.63) is 65.0 Å². The molecule has 0 fully saturated rings. The van der Waals surface area contributed by atoms with Gasteiger partial charge in [0.25, 0.3) is 0 Å². The van der Waals surface area contributed by atoms with Gasteiger partial charge >= 0.3 is 0 Å². The van der Waals surface area contributed by atoms with E-state index >= 15 is 0 Å². The first-order valence-electron chi connectivity index (χ1n) is 8.28. The topological polar surface area (TPSA) is 69.6 Å². The van der Waals surface area contributed by atoms with E-state index in [4.69, 9.17) is 16.0 Å². The van der Waals surface area contributed by atoms with Crippen molar-refractivity contribution in [1.82, 2.24) is 25.0 Å². The lowest BCUT2D eigenvalue weighted by molar-refractivity contribution is 0.528. The zero-order chi connectivity index (χ0) is 18.8. The molecule has 0 radical (unpaired) electrons. The second kappa shape index (κ2) is 7.54. The van der Waals surface area contributed by atoms with Gasteiger partial charge in [-0.1, -0.05) is 47.6 Å². The van der Waals surface area contributed by atoms with Crippen molar-refractivity contribution in [2.24, 2.45) is 7.05 Å². The molecule has 0 bridgehead atoms. The maximum atomic E-state index is 5.91. The molecule has 0 unspecified atom stereocenters. The molecular formula is C19H16ClN5OS. The molecule has 4 aromatic rings. The minimum atomic E-state index is 0.473. The minimum Gasteiger partial charge on any atom is -0.420 e. The van der Waals surface area contributed by atoms with E-state index in [0.717, 1.165) is 27.7 Å². The van der Waals surface area contributed by atoms with Gasteiger partial charge in [0.1, 0.15) is 0 Å². The van der Waals surface area contributed by atoms with Crippen LogP contribution in [0.3, 0.4) is 0 Å². The summed E-state index contributed by atoms with van der Waals surface area (Å²) in [6.45, 7) is 2.06. The van der Waals surface area contributed by atoms with E-state index in [9.17, 15) is 0 Å². The Morgan fingerprint density at radius 1 is 1.00 bits per heavy atom. The number of aryl methyl sites for hydroxylation is 1. The molecule has 0 aliphatic heterocycles. The Morgan fingerprint density at radius 2 is 1.78 bits per heavy atom. The summed E-state index contributed by atoms with van der Waals surface area (Å²) < 4.78 is 7.71. The number of thioether (sulfide) groups is 1. The summed E-state index contributed by atoms with van der Waals surface area (Å²) in [6, 6.07) is 15.4. The molecular weight excluding hydrogens is 382 g/mol. The second-order valence-corrected chi connectivity index (χ2v) is 7.36. The predicted octanol–water partition coefficient (Wildman–Crippen LogP) is 4.79. The van der Waals surface area contributed by atoms with Crippen LogP contribution in [0.4, 0.5) is 0 Å². The molecule has 8 heteroatoms. The van der Waals surface area contributed by atoms with Crippen molar-refractivity contribution >= 4 is 23.4 Å². The Hall–Kier alpha value is -2.64.